The van der Waals surface area contributed by atoms with E-state index in [-0.39, 0.29) is 0 Å². The van der Waals surface area contributed by atoms with Gasteiger partial charge in [-0.2, -0.15) is 0 Å². The van der Waals surface area contributed by atoms with Gasteiger partial charge < -0.3 is 4.90 Å². The fraction of sp³-hybridized carbons (Fsp3) is 1.00. The monoisotopic (exact) mass is 251 g/mol. The van der Waals surface area contributed by atoms with Crippen LogP contribution < -0.4 is 0 Å². The lowest BCUT2D eigenvalue weighted by atomic mass is 9.61. The molecule has 0 aromatic heterocycles. The van der Waals surface area contributed by atoms with E-state index in [2.05, 4.69) is 25.7 Å². The summed E-state index contributed by atoms with van der Waals surface area (Å²) in [5.41, 5.74) is 0.784. The van der Waals surface area contributed by atoms with E-state index < -0.39 is 0 Å². The van der Waals surface area contributed by atoms with Gasteiger partial charge in [0.05, 0.1) is 0 Å². The molecular weight excluding hydrogens is 218 g/mol. The Morgan fingerprint density at radius 1 is 0.889 bits per heavy atom. The highest BCUT2D eigenvalue weighted by Gasteiger charge is 2.37. The molecule has 0 amide bonds. The summed E-state index contributed by atoms with van der Waals surface area (Å²) in [5.74, 6) is 2.00. The Morgan fingerprint density at radius 2 is 1.39 bits per heavy atom. The van der Waals surface area contributed by atoms with Gasteiger partial charge in [0.1, 0.15) is 0 Å². The molecule has 2 saturated carbocycles. The van der Waals surface area contributed by atoms with Crippen molar-refractivity contribution in [2.24, 2.45) is 17.3 Å². The highest BCUT2D eigenvalue weighted by molar-refractivity contribution is 4.89. The lowest BCUT2D eigenvalue weighted by molar-refractivity contribution is 0.0683. The van der Waals surface area contributed by atoms with E-state index in [0.29, 0.717) is 0 Å². The highest BCUT2D eigenvalue weighted by Crippen LogP contribution is 2.50. The lowest BCUT2D eigenvalue weighted by Crippen LogP contribution is -2.36. The lowest BCUT2D eigenvalue weighted by Gasteiger charge is -2.45. The summed E-state index contributed by atoms with van der Waals surface area (Å²) in [7, 11) is 0. The van der Waals surface area contributed by atoms with E-state index in [9.17, 15) is 0 Å². The number of rotatable bonds is 4. The third-order valence-corrected chi connectivity index (χ3v) is 5.91. The van der Waals surface area contributed by atoms with Crippen molar-refractivity contribution in [2.75, 3.05) is 19.6 Å². The number of hydrogen-bond donors (Lipinski definition) is 0. The van der Waals surface area contributed by atoms with Gasteiger partial charge in [0, 0.05) is 6.54 Å². The summed E-state index contributed by atoms with van der Waals surface area (Å²) < 4.78 is 0. The third kappa shape index (κ3) is 3.50. The first kappa shape index (κ1) is 14.4. The number of hydrogen-bond acceptors (Lipinski definition) is 1. The van der Waals surface area contributed by atoms with Gasteiger partial charge in [-0.15, -0.1) is 0 Å². The summed E-state index contributed by atoms with van der Waals surface area (Å²) in [4.78, 5) is 2.62. The molecule has 2 rings (SSSR count). The van der Waals surface area contributed by atoms with Crippen LogP contribution in [0.15, 0.2) is 0 Å². The molecule has 2 aliphatic rings. The standard InChI is InChI=1S/C17H33N/c1-4-18(5-2)14-16-8-12-17(13-9-16)10-6-15(3)7-11-17/h15-16H,4-14H2,1-3H3. The van der Waals surface area contributed by atoms with Crippen LogP contribution in [0.5, 0.6) is 0 Å². The zero-order valence-electron chi connectivity index (χ0n) is 12.9. The summed E-state index contributed by atoms with van der Waals surface area (Å²) in [6, 6.07) is 0. The van der Waals surface area contributed by atoms with Gasteiger partial charge in [-0.3, -0.25) is 0 Å². The average Bonchev–Trinajstić information content (AvgIpc) is 2.42. The molecule has 2 aliphatic carbocycles. The molecule has 0 aliphatic heterocycles. The maximum Gasteiger partial charge on any atom is 0.000943 e. The SMILES string of the molecule is CCN(CC)CC1CCC2(CCC(C)CC2)CC1. The first-order chi connectivity index (χ1) is 8.67. The molecule has 2 fully saturated rings. The Kier molecular flexibility index (Phi) is 5.12. The molecular formula is C17H33N. The van der Waals surface area contributed by atoms with Crippen molar-refractivity contribution in [3.8, 4) is 0 Å². The number of nitrogens with zero attached hydrogens (tertiary/aromatic N) is 1. The Bertz CT molecular complexity index is 226. The van der Waals surface area contributed by atoms with Crippen LogP contribution in [-0.2, 0) is 0 Å². The zero-order chi connectivity index (χ0) is 13.0. The Balaban J connectivity index is 1.77. The van der Waals surface area contributed by atoms with Crippen molar-refractivity contribution in [1.82, 2.24) is 4.90 Å². The molecule has 0 N–H and O–H groups in total. The van der Waals surface area contributed by atoms with Gasteiger partial charge in [-0.05, 0) is 68.9 Å². The molecule has 0 heterocycles. The molecule has 18 heavy (non-hydrogen) atoms. The van der Waals surface area contributed by atoms with Crippen LogP contribution in [0.1, 0.15) is 72.1 Å². The molecule has 0 aromatic rings. The molecule has 1 nitrogen and oxygen atoms in total. The van der Waals surface area contributed by atoms with Gasteiger partial charge >= 0.3 is 0 Å². The van der Waals surface area contributed by atoms with Crippen molar-refractivity contribution < 1.29 is 0 Å². The average molecular weight is 251 g/mol. The molecule has 0 bridgehead atoms. The second-order valence-electron chi connectivity index (χ2n) is 7.11. The summed E-state index contributed by atoms with van der Waals surface area (Å²) in [6.07, 6.45) is 12.1. The first-order valence-corrected chi connectivity index (χ1v) is 8.40. The van der Waals surface area contributed by atoms with E-state index in [1.807, 2.05) is 0 Å². The second-order valence-corrected chi connectivity index (χ2v) is 7.11. The van der Waals surface area contributed by atoms with E-state index in [1.54, 1.807) is 0 Å². The van der Waals surface area contributed by atoms with Gasteiger partial charge in [-0.25, -0.2) is 0 Å². The van der Waals surface area contributed by atoms with Crippen LogP contribution in [0.2, 0.25) is 0 Å². The van der Waals surface area contributed by atoms with Crippen molar-refractivity contribution in [2.45, 2.75) is 72.1 Å². The van der Waals surface area contributed by atoms with E-state index in [4.69, 9.17) is 0 Å². The molecule has 0 radical (unpaired) electrons. The van der Waals surface area contributed by atoms with Crippen LogP contribution in [0.25, 0.3) is 0 Å². The van der Waals surface area contributed by atoms with Gasteiger partial charge in [0.15, 0.2) is 0 Å². The molecule has 0 aromatic carbocycles. The van der Waals surface area contributed by atoms with Crippen molar-refractivity contribution in [3.63, 3.8) is 0 Å². The van der Waals surface area contributed by atoms with Crippen LogP contribution in [0, 0.1) is 17.3 Å². The quantitative estimate of drug-likeness (QED) is 0.699. The highest BCUT2D eigenvalue weighted by atomic mass is 15.1. The molecule has 0 atom stereocenters. The first-order valence-electron chi connectivity index (χ1n) is 8.40. The van der Waals surface area contributed by atoms with Gasteiger partial charge in [0.25, 0.3) is 0 Å². The van der Waals surface area contributed by atoms with E-state index in [0.717, 1.165) is 17.3 Å². The molecule has 0 saturated heterocycles. The van der Waals surface area contributed by atoms with Crippen molar-refractivity contribution in [1.29, 1.82) is 0 Å². The fourth-order valence-corrected chi connectivity index (χ4v) is 4.19. The fourth-order valence-electron chi connectivity index (χ4n) is 4.19. The predicted molar refractivity (Wildman–Crippen MR) is 79.8 cm³/mol. The molecule has 1 heteroatoms. The maximum atomic E-state index is 2.62. The topological polar surface area (TPSA) is 3.24 Å². The normalized spacial score (nSPS) is 37.3. The second kappa shape index (κ2) is 6.41. The Labute approximate surface area is 114 Å². The zero-order valence-corrected chi connectivity index (χ0v) is 12.9. The predicted octanol–water partition coefficient (Wildman–Crippen LogP) is 4.71. The van der Waals surface area contributed by atoms with Crippen molar-refractivity contribution >= 4 is 0 Å². The van der Waals surface area contributed by atoms with Crippen LogP contribution in [0.3, 0.4) is 0 Å². The minimum atomic E-state index is 0.784. The van der Waals surface area contributed by atoms with Gasteiger partial charge in [-0.1, -0.05) is 33.6 Å². The molecule has 106 valence electrons. The van der Waals surface area contributed by atoms with Crippen molar-refractivity contribution in [3.05, 3.63) is 0 Å². The summed E-state index contributed by atoms with van der Waals surface area (Å²) in [6.45, 7) is 10.9. The third-order valence-electron chi connectivity index (χ3n) is 5.91. The van der Waals surface area contributed by atoms with Crippen LogP contribution in [-0.4, -0.2) is 24.5 Å². The summed E-state index contributed by atoms with van der Waals surface area (Å²) >= 11 is 0. The maximum absolute atomic E-state index is 2.62. The van der Waals surface area contributed by atoms with Crippen LogP contribution >= 0.6 is 0 Å². The Morgan fingerprint density at radius 3 is 1.89 bits per heavy atom. The van der Waals surface area contributed by atoms with Gasteiger partial charge in [0.2, 0.25) is 0 Å². The molecule has 1 spiro atoms. The minimum Gasteiger partial charge on any atom is -0.304 e. The summed E-state index contributed by atoms with van der Waals surface area (Å²) in [5, 5.41) is 0. The van der Waals surface area contributed by atoms with E-state index in [1.165, 1.54) is 71.0 Å². The molecule has 0 unspecified atom stereocenters. The van der Waals surface area contributed by atoms with Crippen LogP contribution in [0.4, 0.5) is 0 Å². The Hall–Kier alpha value is -0.0400. The largest absolute Gasteiger partial charge is 0.304 e. The minimum absolute atomic E-state index is 0.784. The van der Waals surface area contributed by atoms with E-state index >= 15 is 0 Å². The smallest absolute Gasteiger partial charge is 0.000943 e.